The first kappa shape index (κ1) is 17.8. The fraction of sp³-hybridized carbons (Fsp3) is 0.538. The molecule has 4 nitrogen and oxygen atoms in total. The van der Waals surface area contributed by atoms with Gasteiger partial charge in [-0.05, 0) is 30.5 Å². The minimum atomic E-state index is -4.60. The molecule has 8 heteroatoms. The molecule has 0 atom stereocenters. The van der Waals surface area contributed by atoms with Crippen molar-refractivity contribution in [2.24, 2.45) is 5.92 Å². The van der Waals surface area contributed by atoms with Gasteiger partial charge < -0.3 is 5.73 Å². The number of benzene rings is 1. The Morgan fingerprint density at radius 1 is 1.29 bits per heavy atom. The summed E-state index contributed by atoms with van der Waals surface area (Å²) in [6.45, 7) is 3.11. The van der Waals surface area contributed by atoms with Gasteiger partial charge in [0.05, 0.1) is 4.90 Å². The van der Waals surface area contributed by atoms with Crippen LogP contribution < -0.4 is 5.73 Å². The van der Waals surface area contributed by atoms with E-state index in [0.717, 1.165) is 0 Å². The van der Waals surface area contributed by atoms with Crippen molar-refractivity contribution >= 4 is 15.7 Å². The molecule has 0 unspecified atom stereocenters. The highest BCUT2D eigenvalue weighted by Crippen LogP contribution is 2.26. The molecule has 0 saturated carbocycles. The first-order valence-electron chi connectivity index (χ1n) is 6.36. The van der Waals surface area contributed by atoms with Crippen LogP contribution in [0.5, 0.6) is 0 Å². The van der Waals surface area contributed by atoms with Crippen molar-refractivity contribution < 1.29 is 21.6 Å². The van der Waals surface area contributed by atoms with Gasteiger partial charge in [-0.1, -0.05) is 19.9 Å². The summed E-state index contributed by atoms with van der Waals surface area (Å²) in [6.07, 6.45) is -4.60. The molecular formula is C13H19F3N2O2S. The van der Waals surface area contributed by atoms with Gasteiger partial charge in [-0.2, -0.15) is 17.5 Å². The maximum Gasteiger partial charge on any atom is 0.402 e. The van der Waals surface area contributed by atoms with Crippen LogP contribution in [0.15, 0.2) is 23.1 Å². The summed E-state index contributed by atoms with van der Waals surface area (Å²) < 4.78 is 63.4. The molecule has 0 saturated heterocycles. The van der Waals surface area contributed by atoms with E-state index in [0.29, 0.717) is 9.87 Å². The molecule has 0 aliphatic heterocycles. The number of alkyl halides is 3. The highest BCUT2D eigenvalue weighted by molar-refractivity contribution is 7.89. The molecule has 0 bridgehead atoms. The van der Waals surface area contributed by atoms with Gasteiger partial charge in [-0.25, -0.2) is 8.42 Å². The molecule has 1 aromatic rings. The van der Waals surface area contributed by atoms with E-state index in [4.69, 9.17) is 5.73 Å². The van der Waals surface area contributed by atoms with Gasteiger partial charge in [0, 0.05) is 12.2 Å². The lowest BCUT2D eigenvalue weighted by atomic mass is 10.2. The second-order valence-electron chi connectivity index (χ2n) is 5.33. The van der Waals surface area contributed by atoms with Gasteiger partial charge in [-0.3, -0.25) is 0 Å². The van der Waals surface area contributed by atoms with Crippen LogP contribution in [0.3, 0.4) is 0 Å². The Bertz CT molecular complexity index is 598. The summed E-state index contributed by atoms with van der Waals surface area (Å²) in [5.74, 6) is -0.233. The molecule has 0 aliphatic carbocycles. The van der Waals surface area contributed by atoms with E-state index >= 15 is 0 Å². The second-order valence-corrected chi connectivity index (χ2v) is 7.24. The average molecular weight is 324 g/mol. The molecule has 120 valence electrons. The second kappa shape index (κ2) is 6.23. The fourth-order valence-corrected chi connectivity index (χ4v) is 3.74. The predicted molar refractivity (Wildman–Crippen MR) is 75.2 cm³/mol. The van der Waals surface area contributed by atoms with E-state index in [1.807, 2.05) is 0 Å². The van der Waals surface area contributed by atoms with Gasteiger partial charge in [0.15, 0.2) is 0 Å². The van der Waals surface area contributed by atoms with Crippen LogP contribution >= 0.6 is 0 Å². The Morgan fingerprint density at radius 2 is 1.86 bits per heavy atom. The number of hydrogen-bond donors (Lipinski definition) is 1. The number of aryl methyl sites for hydroxylation is 1. The third-order valence-electron chi connectivity index (χ3n) is 2.75. The van der Waals surface area contributed by atoms with Crippen molar-refractivity contribution in [3.63, 3.8) is 0 Å². The van der Waals surface area contributed by atoms with Crippen LogP contribution in [0, 0.1) is 12.8 Å². The van der Waals surface area contributed by atoms with Crippen LogP contribution in [-0.2, 0) is 10.0 Å². The smallest absolute Gasteiger partial charge is 0.399 e. The molecular weight excluding hydrogens is 305 g/mol. The number of anilines is 1. The lowest BCUT2D eigenvalue weighted by molar-refractivity contribution is -0.136. The van der Waals surface area contributed by atoms with E-state index in [1.165, 1.54) is 25.1 Å². The van der Waals surface area contributed by atoms with Gasteiger partial charge >= 0.3 is 6.18 Å². The Kier molecular flexibility index (Phi) is 5.27. The van der Waals surface area contributed by atoms with E-state index in [2.05, 4.69) is 0 Å². The first-order chi connectivity index (χ1) is 9.43. The van der Waals surface area contributed by atoms with Crippen molar-refractivity contribution in [2.45, 2.75) is 31.8 Å². The van der Waals surface area contributed by atoms with E-state index in [-0.39, 0.29) is 23.0 Å². The molecule has 0 amide bonds. The molecule has 21 heavy (non-hydrogen) atoms. The zero-order valence-corrected chi connectivity index (χ0v) is 12.9. The number of sulfonamides is 1. The van der Waals surface area contributed by atoms with Crippen molar-refractivity contribution in [2.75, 3.05) is 18.8 Å². The Balaban J connectivity index is 3.29. The summed E-state index contributed by atoms with van der Waals surface area (Å²) in [7, 11) is -4.25. The maximum absolute atomic E-state index is 12.7. The Morgan fingerprint density at radius 3 is 2.33 bits per heavy atom. The molecule has 0 radical (unpaired) electrons. The van der Waals surface area contributed by atoms with Gasteiger partial charge in [0.2, 0.25) is 10.0 Å². The Labute approximate surface area is 122 Å². The number of hydrogen-bond acceptors (Lipinski definition) is 3. The monoisotopic (exact) mass is 324 g/mol. The van der Waals surface area contributed by atoms with Crippen molar-refractivity contribution in [1.29, 1.82) is 0 Å². The van der Waals surface area contributed by atoms with Crippen LogP contribution in [0.4, 0.5) is 18.9 Å². The van der Waals surface area contributed by atoms with E-state index < -0.39 is 22.7 Å². The van der Waals surface area contributed by atoms with Crippen molar-refractivity contribution in [3.8, 4) is 0 Å². The van der Waals surface area contributed by atoms with Crippen LogP contribution in [0.1, 0.15) is 19.4 Å². The largest absolute Gasteiger partial charge is 0.402 e. The van der Waals surface area contributed by atoms with Crippen molar-refractivity contribution in [3.05, 3.63) is 23.8 Å². The van der Waals surface area contributed by atoms with Gasteiger partial charge in [-0.15, -0.1) is 0 Å². The lowest BCUT2D eigenvalue weighted by Crippen LogP contribution is -2.41. The number of rotatable bonds is 5. The molecule has 0 heterocycles. The molecule has 0 spiro atoms. The molecule has 2 N–H and O–H groups in total. The maximum atomic E-state index is 12.7. The summed E-state index contributed by atoms with van der Waals surface area (Å²) in [4.78, 5) is -0.188. The predicted octanol–water partition coefficient (Wildman–Crippen LogP) is 2.79. The van der Waals surface area contributed by atoms with Crippen LogP contribution in [-0.4, -0.2) is 32.0 Å². The van der Waals surface area contributed by atoms with Crippen LogP contribution in [0.25, 0.3) is 0 Å². The highest BCUT2D eigenvalue weighted by atomic mass is 32.2. The molecule has 1 aromatic carbocycles. The van der Waals surface area contributed by atoms with Crippen LogP contribution in [0.2, 0.25) is 0 Å². The number of halogens is 3. The van der Waals surface area contributed by atoms with Gasteiger partial charge in [0.25, 0.3) is 0 Å². The van der Waals surface area contributed by atoms with E-state index in [9.17, 15) is 21.6 Å². The SMILES string of the molecule is Cc1ccc(N)cc1S(=O)(=O)N(CC(C)C)CC(F)(F)F. The molecule has 0 aliphatic rings. The zero-order chi connectivity index (χ0) is 16.4. The molecule has 1 rings (SSSR count). The summed E-state index contributed by atoms with van der Waals surface area (Å²) in [5.41, 5.74) is 6.10. The number of nitrogen functional groups attached to an aromatic ring is 1. The lowest BCUT2D eigenvalue weighted by Gasteiger charge is -2.25. The van der Waals surface area contributed by atoms with Gasteiger partial charge in [0.1, 0.15) is 6.54 Å². The average Bonchev–Trinajstić information content (AvgIpc) is 2.29. The Hall–Kier alpha value is -1.28. The summed E-state index contributed by atoms with van der Waals surface area (Å²) in [6, 6.07) is 4.17. The number of nitrogens with two attached hydrogens (primary N) is 1. The minimum absolute atomic E-state index is 0.188. The standard InChI is InChI=1S/C13H19F3N2O2S/c1-9(2)7-18(8-13(14,15)16)21(19,20)12-6-11(17)5-4-10(12)3/h4-6,9H,7-8,17H2,1-3H3. The normalized spacial score (nSPS) is 13.1. The number of nitrogens with zero attached hydrogens (tertiary/aromatic N) is 1. The summed E-state index contributed by atoms with van der Waals surface area (Å²) >= 11 is 0. The molecule has 0 aromatic heterocycles. The highest BCUT2D eigenvalue weighted by Gasteiger charge is 2.37. The quantitative estimate of drug-likeness (QED) is 0.847. The first-order valence-corrected chi connectivity index (χ1v) is 7.80. The topological polar surface area (TPSA) is 63.4 Å². The third-order valence-corrected chi connectivity index (χ3v) is 4.71. The minimum Gasteiger partial charge on any atom is -0.399 e. The van der Waals surface area contributed by atoms with E-state index in [1.54, 1.807) is 13.8 Å². The molecule has 0 fully saturated rings. The van der Waals surface area contributed by atoms with Crippen molar-refractivity contribution in [1.82, 2.24) is 4.31 Å². The zero-order valence-electron chi connectivity index (χ0n) is 12.1. The third kappa shape index (κ3) is 4.89. The summed E-state index contributed by atoms with van der Waals surface area (Å²) in [5, 5.41) is 0. The fourth-order valence-electron chi connectivity index (χ4n) is 1.89.